The summed E-state index contributed by atoms with van der Waals surface area (Å²) in [4.78, 5) is 26.6. The Balaban J connectivity index is 1.61. The number of carbonyl (C=O) groups excluding carboxylic acids is 2. The summed E-state index contributed by atoms with van der Waals surface area (Å²) in [6.07, 6.45) is 5.04. The zero-order valence-corrected chi connectivity index (χ0v) is 15.5. The number of aromatic nitrogens is 6. The molecule has 2 atom stereocenters. The van der Waals surface area contributed by atoms with Gasteiger partial charge in [0.2, 0.25) is 0 Å². The molecule has 142 valence electrons. The molecule has 3 aromatic heterocycles. The number of H-pyrrole nitrogens is 1. The highest BCUT2D eigenvalue weighted by Crippen LogP contribution is 2.30. The standard InChI is InChI=1S/C16H14N8O3S/c1-27-16(26)13-2-11(24-7-12(20-22-24)10-5-19-28-8-10)6-23(13)15(25)14-9(3-17)4-18-21-14/h4-5,7-8,11,13H,2,6H2,1H3,(H,18,21)/t11-,13-/m0/s1. The zero-order valence-electron chi connectivity index (χ0n) is 14.6. The molecule has 1 saturated heterocycles. The topological polar surface area (TPSA) is 143 Å². The number of methoxy groups -OCH3 is 1. The van der Waals surface area contributed by atoms with Gasteiger partial charge < -0.3 is 9.64 Å². The van der Waals surface area contributed by atoms with Crippen LogP contribution in [0.25, 0.3) is 11.3 Å². The predicted octanol–water partition coefficient (Wildman–Crippen LogP) is 0.625. The molecular formula is C16H14N8O3S. The van der Waals surface area contributed by atoms with Gasteiger partial charge >= 0.3 is 5.97 Å². The van der Waals surface area contributed by atoms with Crippen molar-refractivity contribution in [3.05, 3.63) is 35.2 Å². The zero-order chi connectivity index (χ0) is 19.7. The largest absolute Gasteiger partial charge is 0.467 e. The Morgan fingerprint density at radius 3 is 3.00 bits per heavy atom. The first-order chi connectivity index (χ1) is 13.6. The summed E-state index contributed by atoms with van der Waals surface area (Å²) in [7, 11) is 1.27. The molecule has 1 amide bonds. The summed E-state index contributed by atoms with van der Waals surface area (Å²) in [5.74, 6) is -1.02. The van der Waals surface area contributed by atoms with Crippen LogP contribution in [0.15, 0.2) is 24.0 Å². The minimum absolute atomic E-state index is 0.0423. The number of hydrogen-bond donors (Lipinski definition) is 1. The van der Waals surface area contributed by atoms with Gasteiger partial charge in [0.1, 0.15) is 29.1 Å². The van der Waals surface area contributed by atoms with Crippen LogP contribution in [-0.2, 0) is 9.53 Å². The van der Waals surface area contributed by atoms with Crippen LogP contribution < -0.4 is 0 Å². The van der Waals surface area contributed by atoms with Crippen LogP contribution in [0.4, 0.5) is 0 Å². The van der Waals surface area contributed by atoms with E-state index in [1.54, 1.807) is 17.1 Å². The molecule has 28 heavy (non-hydrogen) atoms. The maximum Gasteiger partial charge on any atom is 0.328 e. The lowest BCUT2D eigenvalue weighted by Gasteiger charge is -2.21. The molecule has 0 aromatic carbocycles. The summed E-state index contributed by atoms with van der Waals surface area (Å²) in [5, 5.41) is 25.6. The number of aromatic amines is 1. The highest BCUT2D eigenvalue weighted by molar-refractivity contribution is 7.03. The molecule has 1 aliphatic heterocycles. The van der Waals surface area contributed by atoms with Crippen molar-refractivity contribution >= 4 is 23.4 Å². The monoisotopic (exact) mass is 398 g/mol. The first kappa shape index (κ1) is 17.8. The number of amides is 1. The lowest BCUT2D eigenvalue weighted by Crippen LogP contribution is -2.41. The second-order valence-electron chi connectivity index (χ2n) is 6.15. The normalized spacial score (nSPS) is 18.8. The van der Waals surface area contributed by atoms with Gasteiger partial charge in [-0.3, -0.25) is 9.89 Å². The van der Waals surface area contributed by atoms with E-state index < -0.39 is 17.9 Å². The van der Waals surface area contributed by atoms with Crippen molar-refractivity contribution in [1.29, 1.82) is 5.26 Å². The number of nitrogens with zero attached hydrogens (tertiary/aromatic N) is 7. The van der Waals surface area contributed by atoms with Crippen LogP contribution in [0.2, 0.25) is 0 Å². The van der Waals surface area contributed by atoms with E-state index in [1.807, 2.05) is 11.4 Å². The van der Waals surface area contributed by atoms with Gasteiger partial charge in [-0.25, -0.2) is 13.8 Å². The van der Waals surface area contributed by atoms with Crippen molar-refractivity contribution in [1.82, 2.24) is 34.5 Å². The van der Waals surface area contributed by atoms with Crippen LogP contribution >= 0.6 is 11.5 Å². The SMILES string of the molecule is COC(=O)[C@@H]1C[C@H](n2cc(-c3cnsc3)nn2)CN1C(=O)c1[nH]ncc1C#N. The average molecular weight is 398 g/mol. The van der Waals surface area contributed by atoms with Crippen LogP contribution in [-0.4, -0.2) is 66.0 Å². The van der Waals surface area contributed by atoms with Crippen LogP contribution in [0, 0.1) is 11.3 Å². The number of nitriles is 1. The van der Waals surface area contributed by atoms with Gasteiger partial charge in [-0.05, 0) is 11.5 Å². The van der Waals surface area contributed by atoms with Gasteiger partial charge in [0.05, 0.1) is 31.7 Å². The van der Waals surface area contributed by atoms with Crippen molar-refractivity contribution in [2.45, 2.75) is 18.5 Å². The van der Waals surface area contributed by atoms with Gasteiger partial charge in [0.25, 0.3) is 5.91 Å². The summed E-state index contributed by atoms with van der Waals surface area (Å²) >= 11 is 1.31. The molecule has 0 saturated carbocycles. The summed E-state index contributed by atoms with van der Waals surface area (Å²) in [6, 6.07) is 0.842. The Hall–Kier alpha value is -3.59. The number of likely N-dealkylation sites (tertiary alicyclic amines) is 1. The molecule has 0 radical (unpaired) electrons. The molecule has 0 unspecified atom stereocenters. The third kappa shape index (κ3) is 3.01. The van der Waals surface area contributed by atoms with Gasteiger partial charge in [-0.15, -0.1) is 5.10 Å². The molecule has 4 heterocycles. The Bertz CT molecular complexity index is 1050. The van der Waals surface area contributed by atoms with E-state index in [2.05, 4.69) is 24.9 Å². The predicted molar refractivity (Wildman–Crippen MR) is 94.9 cm³/mol. The van der Waals surface area contributed by atoms with Gasteiger partial charge in [-0.1, -0.05) is 5.21 Å². The second kappa shape index (κ2) is 7.20. The highest BCUT2D eigenvalue weighted by Gasteiger charge is 2.42. The third-order valence-electron chi connectivity index (χ3n) is 4.60. The minimum atomic E-state index is -0.798. The number of carbonyl (C=O) groups is 2. The van der Waals surface area contributed by atoms with Crippen molar-refractivity contribution < 1.29 is 14.3 Å². The number of nitrogens with one attached hydrogen (secondary N) is 1. The Labute approximate surface area is 162 Å². The molecule has 1 fully saturated rings. The van der Waals surface area contributed by atoms with E-state index in [9.17, 15) is 9.59 Å². The smallest absolute Gasteiger partial charge is 0.328 e. The number of esters is 1. The van der Waals surface area contributed by atoms with Crippen molar-refractivity contribution in [2.24, 2.45) is 0 Å². The van der Waals surface area contributed by atoms with Gasteiger partial charge in [0.15, 0.2) is 0 Å². The van der Waals surface area contributed by atoms with Crippen LogP contribution in [0.1, 0.15) is 28.5 Å². The maximum absolute atomic E-state index is 12.9. The quantitative estimate of drug-likeness (QED) is 0.630. The van der Waals surface area contributed by atoms with Crippen molar-refractivity contribution in [3.63, 3.8) is 0 Å². The molecule has 1 N–H and O–H groups in total. The van der Waals surface area contributed by atoms with E-state index in [1.165, 1.54) is 29.7 Å². The van der Waals surface area contributed by atoms with Gasteiger partial charge in [-0.2, -0.15) is 10.4 Å². The fourth-order valence-corrected chi connectivity index (χ4v) is 3.72. The maximum atomic E-state index is 12.9. The number of ether oxygens (including phenoxy) is 1. The van der Waals surface area contributed by atoms with Gasteiger partial charge in [0, 0.05) is 23.9 Å². The van der Waals surface area contributed by atoms with Crippen LogP contribution in [0.5, 0.6) is 0 Å². The van der Waals surface area contributed by atoms with E-state index in [0.717, 1.165) is 5.56 Å². The van der Waals surface area contributed by atoms with E-state index in [0.29, 0.717) is 12.1 Å². The Morgan fingerprint density at radius 1 is 1.43 bits per heavy atom. The molecule has 0 bridgehead atoms. The Kier molecular flexibility index (Phi) is 4.58. The van der Waals surface area contributed by atoms with E-state index >= 15 is 0 Å². The van der Waals surface area contributed by atoms with E-state index in [4.69, 9.17) is 10.00 Å². The first-order valence-corrected chi connectivity index (χ1v) is 9.10. The molecule has 12 heteroatoms. The molecule has 0 spiro atoms. The second-order valence-corrected chi connectivity index (χ2v) is 6.81. The molecular weight excluding hydrogens is 384 g/mol. The summed E-state index contributed by atoms with van der Waals surface area (Å²) in [6.45, 7) is 0.215. The highest BCUT2D eigenvalue weighted by atomic mass is 32.1. The average Bonchev–Trinajstić information content (AvgIpc) is 3.49. The first-order valence-electron chi connectivity index (χ1n) is 8.26. The third-order valence-corrected chi connectivity index (χ3v) is 5.19. The lowest BCUT2D eigenvalue weighted by atomic mass is 10.1. The summed E-state index contributed by atoms with van der Waals surface area (Å²) < 4.78 is 10.5. The fraction of sp³-hybridized carbons (Fsp3) is 0.312. The van der Waals surface area contributed by atoms with E-state index in [-0.39, 0.29) is 23.8 Å². The molecule has 11 nitrogen and oxygen atoms in total. The lowest BCUT2D eigenvalue weighted by molar-refractivity contribution is -0.145. The minimum Gasteiger partial charge on any atom is -0.467 e. The molecule has 4 rings (SSSR count). The number of rotatable bonds is 4. The molecule has 1 aliphatic rings. The molecule has 0 aliphatic carbocycles. The van der Waals surface area contributed by atoms with Crippen molar-refractivity contribution in [2.75, 3.05) is 13.7 Å². The van der Waals surface area contributed by atoms with Crippen LogP contribution in [0.3, 0.4) is 0 Å². The molecule has 3 aromatic rings. The summed E-state index contributed by atoms with van der Waals surface area (Å²) in [5.41, 5.74) is 1.67. The fourth-order valence-electron chi connectivity index (χ4n) is 3.19. The Morgan fingerprint density at radius 2 is 2.29 bits per heavy atom. The van der Waals surface area contributed by atoms with Crippen molar-refractivity contribution in [3.8, 4) is 17.3 Å². The number of hydrogen-bond acceptors (Lipinski definition) is 9.